The molecule has 0 saturated heterocycles. The average Bonchev–Trinajstić information content (AvgIpc) is 1.99. The van der Waals surface area contributed by atoms with Gasteiger partial charge >= 0.3 is 0 Å². The van der Waals surface area contributed by atoms with E-state index in [2.05, 4.69) is 17.6 Å². The second-order valence-electron chi connectivity index (χ2n) is 2.77. The third-order valence-corrected chi connectivity index (χ3v) is 1.53. The van der Waals surface area contributed by atoms with Crippen molar-refractivity contribution in [2.24, 2.45) is 0 Å². The van der Waals surface area contributed by atoms with Gasteiger partial charge in [0.05, 0.1) is 6.10 Å². The summed E-state index contributed by atoms with van der Waals surface area (Å²) in [5, 5.41) is 15.3. The maximum Gasteiger partial charge on any atom is 0.0788 e. The Morgan fingerprint density at radius 3 is 2.64 bits per heavy atom. The Morgan fingerprint density at radius 2 is 2.09 bits per heavy atom. The summed E-state index contributed by atoms with van der Waals surface area (Å²) < 4.78 is 0. The highest BCUT2D eigenvalue weighted by Crippen LogP contribution is 1.83. The van der Waals surface area contributed by atoms with E-state index in [1.165, 1.54) is 12.8 Å². The summed E-state index contributed by atoms with van der Waals surface area (Å²) >= 11 is 0. The van der Waals surface area contributed by atoms with Crippen LogP contribution in [0, 0.1) is 0 Å². The van der Waals surface area contributed by atoms with Gasteiger partial charge in [0.1, 0.15) is 0 Å². The van der Waals surface area contributed by atoms with E-state index in [1.807, 2.05) is 7.05 Å². The van der Waals surface area contributed by atoms with Crippen LogP contribution in [-0.2, 0) is 0 Å². The minimum absolute atomic E-state index is 0.253. The lowest BCUT2D eigenvalue weighted by atomic mass is 10.3. The number of aliphatic hydroxyl groups excluding tert-OH is 1. The molecule has 11 heavy (non-hydrogen) atoms. The SMILES string of the molecule is CCCCNCC(O)CNC. The second kappa shape index (κ2) is 7.98. The summed E-state index contributed by atoms with van der Waals surface area (Å²) in [5.74, 6) is 0. The minimum Gasteiger partial charge on any atom is -0.390 e. The van der Waals surface area contributed by atoms with Crippen LogP contribution in [0.2, 0.25) is 0 Å². The van der Waals surface area contributed by atoms with E-state index in [1.54, 1.807) is 0 Å². The molecule has 0 aliphatic carbocycles. The molecule has 3 nitrogen and oxygen atoms in total. The number of hydrogen-bond acceptors (Lipinski definition) is 3. The quantitative estimate of drug-likeness (QED) is 0.458. The first kappa shape index (κ1) is 10.9. The maximum atomic E-state index is 9.22. The Balaban J connectivity index is 2.97. The van der Waals surface area contributed by atoms with Crippen LogP contribution < -0.4 is 10.6 Å². The largest absolute Gasteiger partial charge is 0.390 e. The Morgan fingerprint density at radius 1 is 1.36 bits per heavy atom. The van der Waals surface area contributed by atoms with E-state index in [-0.39, 0.29) is 6.10 Å². The maximum absolute atomic E-state index is 9.22. The molecule has 0 aromatic heterocycles. The third-order valence-electron chi connectivity index (χ3n) is 1.53. The summed E-state index contributed by atoms with van der Waals surface area (Å²) in [6.45, 7) is 4.53. The van der Waals surface area contributed by atoms with Gasteiger partial charge in [-0.15, -0.1) is 0 Å². The van der Waals surface area contributed by atoms with Crippen LogP contribution in [0.3, 0.4) is 0 Å². The summed E-state index contributed by atoms with van der Waals surface area (Å²) in [5.41, 5.74) is 0. The van der Waals surface area contributed by atoms with Crippen molar-refractivity contribution in [2.75, 3.05) is 26.7 Å². The zero-order valence-corrected chi connectivity index (χ0v) is 7.56. The molecule has 0 aromatic carbocycles. The van der Waals surface area contributed by atoms with Crippen molar-refractivity contribution in [3.05, 3.63) is 0 Å². The molecule has 0 spiro atoms. The summed E-state index contributed by atoms with van der Waals surface area (Å²) in [7, 11) is 1.84. The predicted molar refractivity (Wildman–Crippen MR) is 47.7 cm³/mol. The molecule has 0 saturated carbocycles. The van der Waals surface area contributed by atoms with E-state index in [9.17, 15) is 5.11 Å². The zero-order valence-electron chi connectivity index (χ0n) is 7.56. The molecule has 0 fully saturated rings. The van der Waals surface area contributed by atoms with E-state index in [0.717, 1.165) is 6.54 Å². The molecular formula is C8H20N2O. The van der Waals surface area contributed by atoms with Gasteiger partial charge in [-0.3, -0.25) is 0 Å². The lowest BCUT2D eigenvalue weighted by Gasteiger charge is -2.10. The second-order valence-corrected chi connectivity index (χ2v) is 2.77. The van der Waals surface area contributed by atoms with Gasteiger partial charge in [-0.25, -0.2) is 0 Å². The normalized spacial score (nSPS) is 13.4. The van der Waals surface area contributed by atoms with Crippen molar-refractivity contribution in [1.82, 2.24) is 10.6 Å². The topological polar surface area (TPSA) is 44.3 Å². The Hall–Kier alpha value is -0.120. The van der Waals surface area contributed by atoms with Crippen LogP contribution in [-0.4, -0.2) is 37.9 Å². The number of rotatable bonds is 7. The Bertz CT molecular complexity index is 78.5. The molecule has 68 valence electrons. The molecule has 0 rings (SSSR count). The van der Waals surface area contributed by atoms with Gasteiger partial charge in [-0.2, -0.15) is 0 Å². The highest BCUT2D eigenvalue weighted by Gasteiger charge is 1.99. The molecule has 0 aliphatic rings. The van der Waals surface area contributed by atoms with Gasteiger partial charge in [0.2, 0.25) is 0 Å². The van der Waals surface area contributed by atoms with Crippen LogP contribution in [0.5, 0.6) is 0 Å². The van der Waals surface area contributed by atoms with Crippen molar-refractivity contribution in [1.29, 1.82) is 0 Å². The van der Waals surface area contributed by atoms with Crippen LogP contribution >= 0.6 is 0 Å². The Kier molecular flexibility index (Phi) is 7.89. The molecular weight excluding hydrogens is 140 g/mol. The summed E-state index contributed by atoms with van der Waals surface area (Å²) in [6.07, 6.45) is 2.14. The van der Waals surface area contributed by atoms with Gasteiger partial charge < -0.3 is 15.7 Å². The van der Waals surface area contributed by atoms with Crippen LogP contribution in [0.15, 0.2) is 0 Å². The first-order valence-corrected chi connectivity index (χ1v) is 4.34. The van der Waals surface area contributed by atoms with E-state index in [4.69, 9.17) is 0 Å². The van der Waals surface area contributed by atoms with Gasteiger partial charge in [0.15, 0.2) is 0 Å². The lowest BCUT2D eigenvalue weighted by molar-refractivity contribution is 0.171. The fourth-order valence-corrected chi connectivity index (χ4v) is 0.878. The molecule has 0 bridgehead atoms. The monoisotopic (exact) mass is 160 g/mol. The molecule has 3 heteroatoms. The van der Waals surface area contributed by atoms with Crippen molar-refractivity contribution in [3.63, 3.8) is 0 Å². The summed E-state index contributed by atoms with van der Waals surface area (Å²) in [4.78, 5) is 0. The van der Waals surface area contributed by atoms with Crippen molar-refractivity contribution in [3.8, 4) is 0 Å². The van der Waals surface area contributed by atoms with Gasteiger partial charge in [0, 0.05) is 13.1 Å². The number of nitrogens with one attached hydrogen (secondary N) is 2. The molecule has 3 N–H and O–H groups in total. The average molecular weight is 160 g/mol. The standard InChI is InChI=1S/C8H20N2O/c1-3-4-5-10-7-8(11)6-9-2/h8-11H,3-7H2,1-2H3. The van der Waals surface area contributed by atoms with E-state index < -0.39 is 0 Å². The molecule has 0 amide bonds. The predicted octanol–water partition coefficient (Wildman–Crippen LogP) is -0.0436. The fraction of sp³-hybridized carbons (Fsp3) is 1.00. The number of likely N-dealkylation sites (N-methyl/N-ethyl adjacent to an activating group) is 1. The van der Waals surface area contributed by atoms with Gasteiger partial charge in [-0.05, 0) is 20.0 Å². The van der Waals surface area contributed by atoms with Crippen LogP contribution in [0.25, 0.3) is 0 Å². The van der Waals surface area contributed by atoms with Crippen LogP contribution in [0.1, 0.15) is 19.8 Å². The van der Waals surface area contributed by atoms with Crippen LogP contribution in [0.4, 0.5) is 0 Å². The highest BCUT2D eigenvalue weighted by atomic mass is 16.3. The molecule has 0 heterocycles. The molecule has 1 unspecified atom stereocenters. The molecule has 0 aliphatic heterocycles. The minimum atomic E-state index is -0.253. The van der Waals surface area contributed by atoms with Gasteiger partial charge in [0.25, 0.3) is 0 Å². The molecule has 0 aromatic rings. The van der Waals surface area contributed by atoms with Crippen molar-refractivity contribution >= 4 is 0 Å². The third kappa shape index (κ3) is 7.78. The number of aliphatic hydroxyl groups is 1. The fourth-order valence-electron chi connectivity index (χ4n) is 0.878. The first-order chi connectivity index (χ1) is 5.31. The van der Waals surface area contributed by atoms with Crippen molar-refractivity contribution in [2.45, 2.75) is 25.9 Å². The highest BCUT2D eigenvalue weighted by molar-refractivity contribution is 4.60. The lowest BCUT2D eigenvalue weighted by Crippen LogP contribution is -2.34. The summed E-state index contributed by atoms with van der Waals surface area (Å²) in [6, 6.07) is 0. The van der Waals surface area contributed by atoms with E-state index >= 15 is 0 Å². The number of hydrogen-bond donors (Lipinski definition) is 3. The zero-order chi connectivity index (χ0) is 8.53. The van der Waals surface area contributed by atoms with Crippen molar-refractivity contribution < 1.29 is 5.11 Å². The van der Waals surface area contributed by atoms with Gasteiger partial charge in [-0.1, -0.05) is 13.3 Å². The smallest absolute Gasteiger partial charge is 0.0788 e. The first-order valence-electron chi connectivity index (χ1n) is 4.34. The number of unbranched alkanes of at least 4 members (excludes halogenated alkanes) is 1. The Labute approximate surface area is 69.2 Å². The molecule has 1 atom stereocenters. The molecule has 0 radical (unpaired) electrons. The van der Waals surface area contributed by atoms with E-state index in [0.29, 0.717) is 13.1 Å².